The molecule has 1 aliphatic carbocycles. The fourth-order valence-electron chi connectivity index (χ4n) is 2.76. The Morgan fingerprint density at radius 2 is 2.06 bits per heavy atom. The summed E-state index contributed by atoms with van der Waals surface area (Å²) < 4.78 is 11.0. The third-order valence-electron chi connectivity index (χ3n) is 3.82. The first-order valence-corrected chi connectivity index (χ1v) is 6.68. The van der Waals surface area contributed by atoms with Crippen LogP contribution in [0.4, 0.5) is 0 Å². The van der Waals surface area contributed by atoms with E-state index in [1.165, 1.54) is 6.42 Å². The summed E-state index contributed by atoms with van der Waals surface area (Å²) in [5.41, 5.74) is 6.35. The minimum Gasteiger partial charge on any atom is -0.493 e. The van der Waals surface area contributed by atoms with Crippen molar-refractivity contribution in [1.29, 1.82) is 0 Å². The SMILES string of the molecule is COc1ccccc1OCCC1(N)CCC(C)C1. The molecule has 100 valence electrons. The van der Waals surface area contributed by atoms with Gasteiger partial charge in [0.2, 0.25) is 0 Å². The molecule has 1 aromatic carbocycles. The van der Waals surface area contributed by atoms with Gasteiger partial charge in [-0.15, -0.1) is 0 Å². The van der Waals surface area contributed by atoms with Crippen LogP contribution in [0.25, 0.3) is 0 Å². The lowest BCUT2D eigenvalue weighted by Gasteiger charge is -2.24. The van der Waals surface area contributed by atoms with E-state index in [1.54, 1.807) is 7.11 Å². The van der Waals surface area contributed by atoms with E-state index in [0.29, 0.717) is 6.61 Å². The summed E-state index contributed by atoms with van der Waals surface area (Å²) in [5.74, 6) is 2.33. The summed E-state index contributed by atoms with van der Waals surface area (Å²) in [4.78, 5) is 0. The number of hydrogen-bond donors (Lipinski definition) is 1. The minimum absolute atomic E-state index is 0.0264. The highest BCUT2D eigenvalue weighted by molar-refractivity contribution is 5.39. The topological polar surface area (TPSA) is 44.5 Å². The van der Waals surface area contributed by atoms with Crippen LogP contribution in [0.15, 0.2) is 24.3 Å². The van der Waals surface area contributed by atoms with Gasteiger partial charge in [0, 0.05) is 5.54 Å². The van der Waals surface area contributed by atoms with Gasteiger partial charge in [-0.1, -0.05) is 19.1 Å². The number of rotatable bonds is 5. The number of benzene rings is 1. The zero-order valence-corrected chi connectivity index (χ0v) is 11.3. The molecule has 0 radical (unpaired) electrons. The number of ether oxygens (including phenoxy) is 2. The number of methoxy groups -OCH3 is 1. The molecule has 1 aromatic rings. The lowest BCUT2D eigenvalue weighted by atomic mass is 9.94. The molecule has 0 amide bonds. The monoisotopic (exact) mass is 249 g/mol. The smallest absolute Gasteiger partial charge is 0.161 e. The zero-order valence-electron chi connectivity index (χ0n) is 11.3. The van der Waals surface area contributed by atoms with E-state index >= 15 is 0 Å². The molecule has 0 saturated heterocycles. The van der Waals surface area contributed by atoms with Gasteiger partial charge in [-0.2, -0.15) is 0 Å². The van der Waals surface area contributed by atoms with Crippen LogP contribution in [0.3, 0.4) is 0 Å². The van der Waals surface area contributed by atoms with Gasteiger partial charge < -0.3 is 15.2 Å². The Kier molecular flexibility index (Phi) is 4.12. The normalized spacial score (nSPS) is 27.2. The quantitative estimate of drug-likeness (QED) is 0.872. The van der Waals surface area contributed by atoms with Gasteiger partial charge in [0.1, 0.15) is 0 Å². The summed E-state index contributed by atoms with van der Waals surface area (Å²) in [6, 6.07) is 7.73. The van der Waals surface area contributed by atoms with Crippen molar-refractivity contribution in [3.8, 4) is 11.5 Å². The minimum atomic E-state index is -0.0264. The van der Waals surface area contributed by atoms with Crippen molar-refractivity contribution in [2.45, 2.75) is 38.1 Å². The van der Waals surface area contributed by atoms with Gasteiger partial charge in [-0.25, -0.2) is 0 Å². The van der Waals surface area contributed by atoms with Gasteiger partial charge in [0.05, 0.1) is 13.7 Å². The largest absolute Gasteiger partial charge is 0.493 e. The van der Waals surface area contributed by atoms with E-state index in [1.807, 2.05) is 24.3 Å². The Bertz CT molecular complexity index is 394. The van der Waals surface area contributed by atoms with Crippen molar-refractivity contribution in [3.63, 3.8) is 0 Å². The average Bonchev–Trinajstić information content (AvgIpc) is 2.70. The van der Waals surface area contributed by atoms with Crippen molar-refractivity contribution in [2.24, 2.45) is 11.7 Å². The zero-order chi connectivity index (χ0) is 13.0. The average molecular weight is 249 g/mol. The van der Waals surface area contributed by atoms with Crippen LogP contribution >= 0.6 is 0 Å². The maximum absolute atomic E-state index is 6.37. The Hall–Kier alpha value is -1.22. The first-order chi connectivity index (χ1) is 8.63. The Labute approximate surface area is 109 Å². The second-order valence-corrected chi connectivity index (χ2v) is 5.46. The van der Waals surface area contributed by atoms with E-state index in [9.17, 15) is 0 Å². The molecule has 0 bridgehead atoms. The fraction of sp³-hybridized carbons (Fsp3) is 0.600. The highest BCUT2D eigenvalue weighted by Crippen LogP contribution is 2.35. The lowest BCUT2D eigenvalue weighted by molar-refractivity contribution is 0.245. The highest BCUT2D eigenvalue weighted by Gasteiger charge is 2.33. The lowest BCUT2D eigenvalue weighted by Crippen LogP contribution is -2.38. The van der Waals surface area contributed by atoms with E-state index in [4.69, 9.17) is 15.2 Å². The van der Waals surface area contributed by atoms with Crippen LogP contribution in [0.1, 0.15) is 32.6 Å². The molecule has 0 aromatic heterocycles. The van der Waals surface area contributed by atoms with Gasteiger partial charge >= 0.3 is 0 Å². The molecule has 2 unspecified atom stereocenters. The summed E-state index contributed by atoms with van der Waals surface area (Å²) >= 11 is 0. The Morgan fingerprint density at radius 1 is 1.33 bits per heavy atom. The summed E-state index contributed by atoms with van der Waals surface area (Å²) in [6.45, 7) is 2.93. The van der Waals surface area contributed by atoms with Crippen molar-refractivity contribution in [2.75, 3.05) is 13.7 Å². The summed E-state index contributed by atoms with van der Waals surface area (Å²) in [7, 11) is 1.66. The maximum Gasteiger partial charge on any atom is 0.161 e. The molecule has 3 nitrogen and oxygen atoms in total. The van der Waals surface area contributed by atoms with Crippen molar-refractivity contribution < 1.29 is 9.47 Å². The molecule has 0 aliphatic heterocycles. The van der Waals surface area contributed by atoms with Crippen LogP contribution in [0.2, 0.25) is 0 Å². The van der Waals surface area contributed by atoms with Crippen LogP contribution in [0, 0.1) is 5.92 Å². The molecule has 18 heavy (non-hydrogen) atoms. The van der Waals surface area contributed by atoms with Crippen molar-refractivity contribution in [1.82, 2.24) is 0 Å². The van der Waals surface area contributed by atoms with Crippen LogP contribution in [-0.2, 0) is 0 Å². The second-order valence-electron chi connectivity index (χ2n) is 5.46. The Balaban J connectivity index is 1.85. The van der Waals surface area contributed by atoms with Crippen molar-refractivity contribution >= 4 is 0 Å². The molecule has 2 N–H and O–H groups in total. The second kappa shape index (κ2) is 5.61. The predicted octanol–water partition coefficient (Wildman–Crippen LogP) is 2.98. The number of hydrogen-bond acceptors (Lipinski definition) is 3. The molecule has 3 heteroatoms. The predicted molar refractivity (Wildman–Crippen MR) is 73.0 cm³/mol. The van der Waals surface area contributed by atoms with Gasteiger partial charge in [-0.05, 0) is 43.7 Å². The molecule has 2 rings (SSSR count). The molecular formula is C15H23NO2. The molecule has 2 atom stereocenters. The van der Waals surface area contributed by atoms with Crippen LogP contribution < -0.4 is 15.2 Å². The standard InChI is InChI=1S/C15H23NO2/c1-12-7-8-15(16,11-12)9-10-18-14-6-4-3-5-13(14)17-2/h3-6,12H,7-11,16H2,1-2H3. The van der Waals surface area contributed by atoms with E-state index in [2.05, 4.69) is 6.92 Å². The van der Waals surface area contributed by atoms with Gasteiger partial charge in [0.15, 0.2) is 11.5 Å². The summed E-state index contributed by atoms with van der Waals surface area (Å²) in [5, 5.41) is 0. The Morgan fingerprint density at radius 3 is 2.67 bits per heavy atom. The fourth-order valence-corrected chi connectivity index (χ4v) is 2.76. The van der Waals surface area contributed by atoms with E-state index in [-0.39, 0.29) is 5.54 Å². The van der Waals surface area contributed by atoms with Gasteiger partial charge in [-0.3, -0.25) is 0 Å². The highest BCUT2D eigenvalue weighted by atomic mass is 16.5. The first kappa shape index (κ1) is 13.2. The third kappa shape index (κ3) is 3.16. The molecule has 1 fully saturated rings. The van der Waals surface area contributed by atoms with E-state index < -0.39 is 0 Å². The number of nitrogens with two attached hydrogens (primary N) is 1. The molecule has 0 spiro atoms. The molecule has 1 saturated carbocycles. The molecular weight excluding hydrogens is 226 g/mol. The van der Waals surface area contributed by atoms with Crippen molar-refractivity contribution in [3.05, 3.63) is 24.3 Å². The van der Waals surface area contributed by atoms with Gasteiger partial charge in [0.25, 0.3) is 0 Å². The maximum atomic E-state index is 6.37. The van der Waals surface area contributed by atoms with Crippen LogP contribution in [-0.4, -0.2) is 19.3 Å². The molecule has 1 aliphatic rings. The number of para-hydroxylation sites is 2. The third-order valence-corrected chi connectivity index (χ3v) is 3.82. The molecule has 0 heterocycles. The van der Waals surface area contributed by atoms with Crippen LogP contribution in [0.5, 0.6) is 11.5 Å². The van der Waals surface area contributed by atoms with E-state index in [0.717, 1.165) is 36.7 Å². The summed E-state index contributed by atoms with van der Waals surface area (Å²) in [6.07, 6.45) is 4.38. The first-order valence-electron chi connectivity index (χ1n) is 6.68.